The van der Waals surface area contributed by atoms with Crippen LogP contribution in [-0.2, 0) is 5.41 Å². The maximum Gasteiger partial charge on any atom is 0.235 e. The molecule has 6 aromatic rings. The molecule has 0 saturated heterocycles. The highest BCUT2D eigenvalue weighted by atomic mass is 35.5. The molecular weight excluding hydrogens is 528 g/mol. The molecule has 0 radical (unpaired) electrons. The van der Waals surface area contributed by atoms with Gasteiger partial charge < -0.3 is 9.47 Å². The molecule has 0 amide bonds. The van der Waals surface area contributed by atoms with Crippen LogP contribution in [0.4, 0.5) is 11.6 Å². The summed E-state index contributed by atoms with van der Waals surface area (Å²) < 4.78 is 106. The molecule has 0 spiro atoms. The number of aromatic nitrogens is 5. The van der Waals surface area contributed by atoms with Crippen molar-refractivity contribution in [3.05, 3.63) is 102 Å². The zero-order valence-electron chi connectivity index (χ0n) is 34.1. The number of halogens is 1. The molecule has 202 valence electrons. The van der Waals surface area contributed by atoms with Crippen LogP contribution in [0.5, 0.6) is 0 Å². The molecule has 4 heterocycles. The Morgan fingerprint density at radius 3 is 2.37 bits per heavy atom. The minimum absolute atomic E-state index is 0.127. The number of hydrogen-bond acceptors (Lipinski definition) is 5. The van der Waals surface area contributed by atoms with Crippen molar-refractivity contribution in [2.24, 2.45) is 0 Å². The van der Waals surface area contributed by atoms with Gasteiger partial charge in [-0.1, -0.05) is 68.1 Å². The number of hydrogen-bond donors (Lipinski definition) is 0. The van der Waals surface area contributed by atoms with E-state index in [0.717, 1.165) is 41.5 Å². The third-order valence-corrected chi connectivity index (χ3v) is 8.96. The summed E-state index contributed by atoms with van der Waals surface area (Å²) in [6, 6.07) is -5.82. The second kappa shape index (κ2) is 8.85. The van der Waals surface area contributed by atoms with Crippen molar-refractivity contribution < 1.29 is 16.4 Å². The second-order valence-electron chi connectivity index (χ2n) is 10.8. The van der Waals surface area contributed by atoms with Crippen LogP contribution in [0.15, 0.2) is 91.0 Å². The Bertz CT molecular complexity index is 2560. The molecule has 8 rings (SSSR count). The van der Waals surface area contributed by atoms with E-state index in [1.165, 1.54) is 0 Å². The average molecular weight is 569 g/mol. The molecule has 1 aliphatic heterocycles. The van der Waals surface area contributed by atoms with Gasteiger partial charge in [-0.05, 0) is 61.6 Å². The number of benzene rings is 3. The first-order chi connectivity index (χ1) is 25.0. The van der Waals surface area contributed by atoms with E-state index in [4.69, 9.17) is 31.7 Å². The Kier molecular flexibility index (Phi) is 3.26. The van der Waals surface area contributed by atoms with Gasteiger partial charge in [0.25, 0.3) is 0 Å². The van der Waals surface area contributed by atoms with E-state index >= 15 is 0 Å². The first kappa shape index (κ1) is 15.1. The van der Waals surface area contributed by atoms with Gasteiger partial charge in [0.2, 0.25) is 11.2 Å². The lowest BCUT2D eigenvalue weighted by atomic mass is 9.62. The van der Waals surface area contributed by atoms with Gasteiger partial charge in [-0.2, -0.15) is 15.0 Å². The monoisotopic (exact) mass is 568 g/mol. The smallest absolute Gasteiger partial charge is 0.235 e. The van der Waals surface area contributed by atoms with Gasteiger partial charge >= 0.3 is 0 Å². The first-order valence-electron chi connectivity index (χ1n) is 19.3. The highest BCUT2D eigenvalue weighted by molar-refractivity contribution is 6.28. The highest BCUT2D eigenvalue weighted by Crippen LogP contribution is 2.60. The van der Waals surface area contributed by atoms with Gasteiger partial charge in [0.05, 0.1) is 38.7 Å². The van der Waals surface area contributed by atoms with Gasteiger partial charge in [0, 0.05) is 45.4 Å². The van der Waals surface area contributed by atoms with Crippen molar-refractivity contribution in [2.45, 2.75) is 50.5 Å². The molecule has 1 aliphatic carbocycles. The van der Waals surface area contributed by atoms with Gasteiger partial charge in [-0.15, -0.1) is 0 Å². The molecular formula is C34H29ClN6. The lowest BCUT2D eigenvalue weighted by molar-refractivity contribution is 0.193. The van der Waals surface area contributed by atoms with Gasteiger partial charge in [0.15, 0.2) is 5.82 Å². The molecule has 1 saturated carbocycles. The first-order valence-corrected chi connectivity index (χ1v) is 13.6. The Morgan fingerprint density at radius 1 is 0.854 bits per heavy atom. The normalized spacial score (nSPS) is 25.9. The lowest BCUT2D eigenvalue weighted by Gasteiger charge is -2.49. The van der Waals surface area contributed by atoms with E-state index in [0.29, 0.717) is 0 Å². The fraction of sp³-hybridized carbons (Fsp3) is 0.235. The summed E-state index contributed by atoms with van der Waals surface area (Å²) in [5.74, 6) is -0.138. The predicted octanol–water partition coefficient (Wildman–Crippen LogP) is 8.43. The molecule has 2 unspecified atom stereocenters. The van der Waals surface area contributed by atoms with E-state index in [-0.39, 0.29) is 49.8 Å². The summed E-state index contributed by atoms with van der Waals surface area (Å²) in [6.45, 7) is 4.30. The van der Waals surface area contributed by atoms with E-state index in [2.05, 4.69) is 28.8 Å². The number of para-hydroxylation sites is 2. The average Bonchev–Trinajstić information content (AvgIpc) is 3.58. The van der Waals surface area contributed by atoms with Crippen molar-refractivity contribution in [1.82, 2.24) is 24.5 Å². The predicted molar refractivity (Wildman–Crippen MR) is 165 cm³/mol. The minimum atomic E-state index is -0.700. The van der Waals surface area contributed by atoms with Crippen LogP contribution in [0.2, 0.25) is 5.28 Å². The van der Waals surface area contributed by atoms with Gasteiger partial charge in [-0.25, -0.2) is 0 Å². The van der Waals surface area contributed by atoms with Crippen molar-refractivity contribution in [2.75, 3.05) is 4.90 Å². The molecule has 2 aliphatic rings. The maximum atomic E-state index is 9.52. The SMILES string of the molecule is [2H]c1c([2H])c(-c2nc(Cl)nc(N3c4ccncc4C4(C)CCCCC34C)n2)c([2H])c(-n2c3c([2H])c([2H])c([2H])c([2H])c3c3c([2H])c([2H])c([2H])c([2H])c32)c1[2H]. The summed E-state index contributed by atoms with van der Waals surface area (Å²) in [4.78, 5) is 20.0. The Hall–Kier alpha value is -4.29. The number of nitrogens with zero attached hydrogens (tertiary/aromatic N) is 6. The summed E-state index contributed by atoms with van der Waals surface area (Å²) in [5, 5.41) is -0.775. The molecule has 2 atom stereocenters. The van der Waals surface area contributed by atoms with E-state index in [1.807, 2.05) is 17.2 Å². The van der Waals surface area contributed by atoms with Crippen LogP contribution in [-0.4, -0.2) is 30.0 Å². The maximum absolute atomic E-state index is 9.52. The number of rotatable bonds is 3. The molecule has 3 aromatic carbocycles. The fourth-order valence-electron chi connectivity index (χ4n) is 6.63. The van der Waals surface area contributed by atoms with Crippen LogP contribution in [0.1, 0.15) is 61.5 Å². The highest BCUT2D eigenvalue weighted by Gasteiger charge is 2.58. The third kappa shape index (κ3) is 3.43. The number of anilines is 2. The zero-order chi connectivity index (χ0) is 38.2. The van der Waals surface area contributed by atoms with Crippen molar-refractivity contribution in [1.29, 1.82) is 0 Å². The van der Waals surface area contributed by atoms with Crippen LogP contribution < -0.4 is 4.90 Å². The van der Waals surface area contributed by atoms with Crippen molar-refractivity contribution >= 4 is 45.0 Å². The Balaban J connectivity index is 1.47. The van der Waals surface area contributed by atoms with E-state index in [9.17, 15) is 1.37 Å². The molecule has 0 bridgehead atoms. The van der Waals surface area contributed by atoms with Crippen molar-refractivity contribution in [3.8, 4) is 17.1 Å². The summed E-state index contributed by atoms with van der Waals surface area (Å²) in [7, 11) is 0. The topological polar surface area (TPSA) is 59.7 Å². The van der Waals surface area contributed by atoms with Crippen LogP contribution >= 0.6 is 11.6 Å². The minimum Gasteiger partial charge on any atom is -0.309 e. The van der Waals surface area contributed by atoms with Crippen LogP contribution in [0.25, 0.3) is 38.9 Å². The molecule has 6 nitrogen and oxygen atoms in total. The van der Waals surface area contributed by atoms with E-state index < -0.39 is 83.7 Å². The molecule has 41 heavy (non-hydrogen) atoms. The summed E-state index contributed by atoms with van der Waals surface area (Å²) in [6.07, 6.45) is 7.13. The lowest BCUT2D eigenvalue weighted by Crippen LogP contribution is -2.55. The van der Waals surface area contributed by atoms with Crippen molar-refractivity contribution in [3.63, 3.8) is 0 Å². The standard InChI is InChI=1S/C34H29ClN6/c1-33-17-7-8-18-34(33,2)41(29-16-19-36-21-26(29)33)32-38-30(37-31(35)39-32)22-10-9-11-23(20-22)40-27-14-5-3-12-24(27)25-13-4-6-15-28(25)40/h3-6,9-16,19-21H,7-8,17-18H2,1-2H3/i3D,4D,5D,6D,9D,10D,11D,12D,13D,14D,15D,20D. The number of pyridine rings is 1. The zero-order valence-corrected chi connectivity index (χ0v) is 22.9. The quantitative estimate of drug-likeness (QED) is 0.214. The van der Waals surface area contributed by atoms with Crippen LogP contribution in [0, 0.1) is 0 Å². The largest absolute Gasteiger partial charge is 0.309 e. The Morgan fingerprint density at radius 2 is 1.59 bits per heavy atom. The molecule has 1 fully saturated rings. The second-order valence-corrected chi connectivity index (χ2v) is 11.1. The fourth-order valence-corrected chi connectivity index (χ4v) is 6.79. The molecule has 0 N–H and O–H groups in total. The Labute approximate surface area is 260 Å². The third-order valence-electron chi connectivity index (χ3n) is 8.79. The molecule has 7 heteroatoms. The van der Waals surface area contributed by atoms with Gasteiger partial charge in [0.1, 0.15) is 0 Å². The molecule has 3 aromatic heterocycles. The summed E-state index contributed by atoms with van der Waals surface area (Å²) in [5.41, 5.74) is -0.508. The summed E-state index contributed by atoms with van der Waals surface area (Å²) >= 11 is 6.59. The van der Waals surface area contributed by atoms with Crippen LogP contribution in [0.3, 0.4) is 0 Å². The van der Waals surface area contributed by atoms with E-state index in [1.54, 1.807) is 6.20 Å². The number of fused-ring (bicyclic) bond motifs is 6. The van der Waals surface area contributed by atoms with Gasteiger partial charge in [-0.3, -0.25) is 4.98 Å².